The Morgan fingerprint density at radius 3 is 2.56 bits per heavy atom. The average Bonchev–Trinajstić information content (AvgIpc) is 3.41. The van der Waals surface area contributed by atoms with E-state index in [0.717, 1.165) is 29.5 Å². The quantitative estimate of drug-likeness (QED) is 0.606. The topological polar surface area (TPSA) is 59.3 Å². The Morgan fingerprint density at radius 1 is 1.00 bits per heavy atom. The molecular formula is C22H18N4O. The highest BCUT2D eigenvalue weighted by molar-refractivity contribution is 6.00. The van der Waals surface area contributed by atoms with Crippen molar-refractivity contribution in [2.45, 2.75) is 18.4 Å². The third-order valence-corrected chi connectivity index (χ3v) is 5.11. The van der Waals surface area contributed by atoms with Crippen molar-refractivity contribution in [3.05, 3.63) is 90.5 Å². The summed E-state index contributed by atoms with van der Waals surface area (Å²) < 4.78 is 1.94. The van der Waals surface area contributed by atoms with Crippen LogP contribution in [0.5, 0.6) is 0 Å². The molecular weight excluding hydrogens is 336 g/mol. The first-order valence-electron chi connectivity index (χ1n) is 9.02. The lowest BCUT2D eigenvalue weighted by Gasteiger charge is -2.17. The Bertz CT molecular complexity index is 1110. The molecule has 5 rings (SSSR count). The molecule has 0 atom stereocenters. The molecule has 0 unspecified atom stereocenters. The van der Waals surface area contributed by atoms with Crippen molar-refractivity contribution in [1.82, 2.24) is 19.7 Å². The van der Waals surface area contributed by atoms with Crippen LogP contribution in [-0.4, -0.2) is 20.3 Å². The van der Waals surface area contributed by atoms with Gasteiger partial charge in [-0.05, 0) is 42.7 Å². The van der Waals surface area contributed by atoms with Crippen LogP contribution in [0.25, 0.3) is 16.9 Å². The number of imidazole rings is 1. The Balaban J connectivity index is 1.55. The minimum Gasteiger partial charge on any atom is -0.341 e. The van der Waals surface area contributed by atoms with Gasteiger partial charge in [-0.2, -0.15) is 0 Å². The monoisotopic (exact) mass is 354 g/mol. The summed E-state index contributed by atoms with van der Waals surface area (Å²) in [4.78, 5) is 22.0. The second-order valence-electron chi connectivity index (χ2n) is 6.88. The number of nitrogens with one attached hydrogen (secondary N) is 1. The van der Waals surface area contributed by atoms with Gasteiger partial charge < -0.3 is 5.32 Å². The van der Waals surface area contributed by atoms with Gasteiger partial charge in [0.1, 0.15) is 5.82 Å². The zero-order valence-electron chi connectivity index (χ0n) is 14.7. The van der Waals surface area contributed by atoms with Gasteiger partial charge in [0.05, 0.1) is 11.1 Å². The van der Waals surface area contributed by atoms with Crippen LogP contribution < -0.4 is 5.32 Å². The number of carbonyl (C=O) groups is 1. The van der Waals surface area contributed by atoms with Crippen LogP contribution in [0.2, 0.25) is 0 Å². The predicted octanol–water partition coefficient (Wildman–Crippen LogP) is 3.82. The molecule has 1 aliphatic carbocycles. The highest BCUT2D eigenvalue weighted by Gasteiger charge is 2.46. The van der Waals surface area contributed by atoms with E-state index in [1.165, 1.54) is 0 Å². The molecule has 5 nitrogen and oxygen atoms in total. The lowest BCUT2D eigenvalue weighted by molar-refractivity contribution is 0.0928. The maximum atomic E-state index is 13.1. The van der Waals surface area contributed by atoms with Crippen LogP contribution >= 0.6 is 0 Å². The Kier molecular flexibility index (Phi) is 3.53. The molecule has 0 aliphatic heterocycles. The molecule has 0 radical (unpaired) electrons. The molecule has 1 fully saturated rings. The number of amides is 1. The fraction of sp³-hybridized carbons (Fsp3) is 0.136. The number of rotatable bonds is 4. The lowest BCUT2D eigenvalue weighted by Crippen LogP contribution is -2.35. The van der Waals surface area contributed by atoms with Crippen LogP contribution in [0.4, 0.5) is 0 Å². The van der Waals surface area contributed by atoms with Gasteiger partial charge >= 0.3 is 0 Å². The van der Waals surface area contributed by atoms with E-state index in [1.807, 2.05) is 59.1 Å². The number of aromatic nitrogens is 3. The van der Waals surface area contributed by atoms with Crippen molar-refractivity contribution in [1.29, 1.82) is 0 Å². The maximum Gasteiger partial charge on any atom is 0.272 e. The van der Waals surface area contributed by atoms with Crippen LogP contribution in [0, 0.1) is 0 Å². The number of carbonyl (C=O) groups excluding carboxylic acids is 1. The zero-order valence-corrected chi connectivity index (χ0v) is 14.7. The minimum atomic E-state index is -0.266. The van der Waals surface area contributed by atoms with Gasteiger partial charge in [-0.1, -0.05) is 36.4 Å². The number of hydrogen-bond acceptors (Lipinski definition) is 3. The molecule has 132 valence electrons. The summed E-state index contributed by atoms with van der Waals surface area (Å²) in [6, 6.07) is 19.7. The van der Waals surface area contributed by atoms with E-state index in [1.54, 1.807) is 12.4 Å². The molecule has 5 heteroatoms. The smallest absolute Gasteiger partial charge is 0.272 e. The third-order valence-electron chi connectivity index (χ3n) is 5.11. The number of hydrogen-bond donors (Lipinski definition) is 1. The number of fused-ring (bicyclic) bond motifs is 1. The van der Waals surface area contributed by atoms with Crippen molar-refractivity contribution >= 4 is 11.4 Å². The van der Waals surface area contributed by atoms with Crippen LogP contribution in [0.3, 0.4) is 0 Å². The van der Waals surface area contributed by atoms with Gasteiger partial charge in [0, 0.05) is 24.2 Å². The molecule has 1 saturated carbocycles. The summed E-state index contributed by atoms with van der Waals surface area (Å²) in [5.41, 5.74) is 2.99. The first-order chi connectivity index (χ1) is 13.3. The Labute approximate surface area is 156 Å². The molecule has 0 saturated heterocycles. The highest BCUT2D eigenvalue weighted by Crippen LogP contribution is 2.45. The van der Waals surface area contributed by atoms with E-state index in [9.17, 15) is 4.79 Å². The van der Waals surface area contributed by atoms with E-state index >= 15 is 0 Å². The van der Waals surface area contributed by atoms with Gasteiger partial charge in [-0.25, -0.2) is 4.98 Å². The maximum absolute atomic E-state index is 13.1. The number of pyridine rings is 2. The molecule has 27 heavy (non-hydrogen) atoms. The summed E-state index contributed by atoms with van der Waals surface area (Å²) in [6.45, 7) is 0. The summed E-state index contributed by atoms with van der Waals surface area (Å²) in [7, 11) is 0. The van der Waals surface area contributed by atoms with Crippen molar-refractivity contribution in [3.63, 3.8) is 0 Å². The van der Waals surface area contributed by atoms with Crippen molar-refractivity contribution < 1.29 is 4.79 Å². The fourth-order valence-corrected chi connectivity index (χ4v) is 3.55. The first-order valence-corrected chi connectivity index (χ1v) is 9.02. The van der Waals surface area contributed by atoms with E-state index < -0.39 is 0 Å². The molecule has 3 heterocycles. The van der Waals surface area contributed by atoms with Crippen LogP contribution in [-0.2, 0) is 5.54 Å². The Hall–Kier alpha value is -3.47. The normalized spacial score (nSPS) is 14.8. The second kappa shape index (κ2) is 6.06. The van der Waals surface area contributed by atoms with Gasteiger partial charge in [0.25, 0.3) is 5.91 Å². The SMILES string of the molecule is O=C(NC1(c2ccccc2)CC1)c1nc(-c2cccnc2)n2ccccc12. The van der Waals surface area contributed by atoms with E-state index in [4.69, 9.17) is 0 Å². The summed E-state index contributed by atoms with van der Waals surface area (Å²) >= 11 is 0. The summed E-state index contributed by atoms with van der Waals surface area (Å²) in [5.74, 6) is 0.573. The van der Waals surface area contributed by atoms with Gasteiger partial charge in [0.2, 0.25) is 0 Å². The predicted molar refractivity (Wildman–Crippen MR) is 103 cm³/mol. The highest BCUT2D eigenvalue weighted by atomic mass is 16.2. The summed E-state index contributed by atoms with van der Waals surface area (Å²) in [6.07, 6.45) is 7.30. The standard InChI is InChI=1S/C22H18N4O/c27-21(25-22(11-12-22)17-8-2-1-3-9-17)19-18-10-4-5-14-26(18)20(24-19)16-7-6-13-23-15-16/h1-10,13-15H,11-12H2,(H,25,27). The van der Waals surface area contributed by atoms with Crippen molar-refractivity contribution in [3.8, 4) is 11.4 Å². The Morgan fingerprint density at radius 2 is 1.81 bits per heavy atom. The molecule has 1 amide bonds. The van der Waals surface area contributed by atoms with Crippen LogP contribution in [0.15, 0.2) is 79.3 Å². The van der Waals surface area contributed by atoms with Gasteiger partial charge in [0.15, 0.2) is 5.69 Å². The molecule has 1 aromatic carbocycles. The molecule has 1 aliphatic rings. The van der Waals surface area contributed by atoms with E-state index in [0.29, 0.717) is 11.5 Å². The largest absolute Gasteiger partial charge is 0.341 e. The van der Waals surface area contributed by atoms with Crippen LogP contribution in [0.1, 0.15) is 28.9 Å². The minimum absolute atomic E-state index is 0.143. The molecule has 1 N–H and O–H groups in total. The second-order valence-corrected chi connectivity index (χ2v) is 6.88. The lowest BCUT2D eigenvalue weighted by atomic mass is 10.0. The number of nitrogens with zero attached hydrogens (tertiary/aromatic N) is 3. The van der Waals surface area contributed by atoms with E-state index in [2.05, 4.69) is 27.4 Å². The van der Waals surface area contributed by atoms with Crippen molar-refractivity contribution in [2.24, 2.45) is 0 Å². The molecule has 3 aromatic heterocycles. The molecule has 0 bridgehead atoms. The van der Waals surface area contributed by atoms with Gasteiger partial charge in [-0.3, -0.25) is 14.2 Å². The molecule has 4 aromatic rings. The van der Waals surface area contributed by atoms with E-state index in [-0.39, 0.29) is 11.4 Å². The molecule has 0 spiro atoms. The zero-order chi connectivity index (χ0) is 18.3. The summed E-state index contributed by atoms with van der Waals surface area (Å²) in [5, 5.41) is 3.23. The third kappa shape index (κ3) is 2.68. The van der Waals surface area contributed by atoms with Crippen molar-refractivity contribution in [2.75, 3.05) is 0 Å². The van der Waals surface area contributed by atoms with Gasteiger partial charge in [-0.15, -0.1) is 0 Å². The first kappa shape index (κ1) is 15.8. The number of benzene rings is 1. The average molecular weight is 354 g/mol. The fourth-order valence-electron chi connectivity index (χ4n) is 3.55.